The molecule has 0 saturated carbocycles. The van der Waals surface area contributed by atoms with E-state index in [0.717, 1.165) is 31.9 Å². The topological polar surface area (TPSA) is 30.5 Å². The third-order valence-electron chi connectivity index (χ3n) is 2.78. The normalized spacial score (nSPS) is 12.4. The first-order valence-corrected chi connectivity index (χ1v) is 6.85. The molecule has 102 valence electrons. The molecule has 0 amide bonds. The van der Waals surface area contributed by atoms with Crippen LogP contribution >= 0.6 is 0 Å². The van der Waals surface area contributed by atoms with Crippen LogP contribution in [-0.2, 0) is 4.74 Å². The Morgan fingerprint density at radius 1 is 1.17 bits per heavy atom. The number of nitrogens with one attached hydrogen (secondary N) is 1. The van der Waals surface area contributed by atoms with Crippen molar-refractivity contribution in [3.8, 4) is 5.75 Å². The molecule has 0 aliphatic carbocycles. The van der Waals surface area contributed by atoms with Gasteiger partial charge < -0.3 is 14.8 Å². The molecule has 3 nitrogen and oxygen atoms in total. The van der Waals surface area contributed by atoms with Crippen LogP contribution in [0.15, 0.2) is 24.3 Å². The summed E-state index contributed by atoms with van der Waals surface area (Å²) in [6, 6.07) is 8.64. The first-order chi connectivity index (χ1) is 8.81. The van der Waals surface area contributed by atoms with Crippen molar-refractivity contribution in [2.45, 2.75) is 33.2 Å². The van der Waals surface area contributed by atoms with Crippen molar-refractivity contribution in [3.05, 3.63) is 29.8 Å². The van der Waals surface area contributed by atoms with Crippen molar-refractivity contribution in [2.75, 3.05) is 26.4 Å². The minimum Gasteiger partial charge on any atom is -0.494 e. The largest absolute Gasteiger partial charge is 0.494 e. The maximum atomic E-state index is 5.54. The summed E-state index contributed by atoms with van der Waals surface area (Å²) in [4.78, 5) is 0. The van der Waals surface area contributed by atoms with Gasteiger partial charge >= 0.3 is 0 Å². The van der Waals surface area contributed by atoms with Crippen molar-refractivity contribution < 1.29 is 9.47 Å². The van der Waals surface area contributed by atoms with Gasteiger partial charge in [-0.3, -0.25) is 0 Å². The van der Waals surface area contributed by atoms with Gasteiger partial charge in [-0.2, -0.15) is 0 Å². The molecule has 1 atom stereocenters. The maximum Gasteiger partial charge on any atom is 0.119 e. The molecule has 1 unspecified atom stereocenters. The van der Waals surface area contributed by atoms with E-state index in [9.17, 15) is 0 Å². The summed E-state index contributed by atoms with van der Waals surface area (Å²) in [5.41, 5.74) is 1.27. The predicted molar refractivity (Wildman–Crippen MR) is 75.1 cm³/mol. The lowest BCUT2D eigenvalue weighted by Gasteiger charge is -2.19. The highest BCUT2D eigenvalue weighted by Gasteiger charge is 2.10. The fourth-order valence-corrected chi connectivity index (χ4v) is 1.97. The van der Waals surface area contributed by atoms with Crippen molar-refractivity contribution >= 4 is 0 Å². The summed E-state index contributed by atoms with van der Waals surface area (Å²) in [5, 5.41) is 3.49. The second kappa shape index (κ2) is 8.95. The minimum absolute atomic E-state index is 0.335. The third kappa shape index (κ3) is 5.07. The molecule has 0 saturated heterocycles. The molecule has 0 aliphatic rings. The van der Waals surface area contributed by atoms with Gasteiger partial charge in [-0.15, -0.1) is 0 Å². The van der Waals surface area contributed by atoms with Gasteiger partial charge in [-0.1, -0.05) is 19.1 Å². The molecular formula is C15H25NO2. The fraction of sp³-hybridized carbons (Fsp3) is 0.600. The molecule has 0 fully saturated rings. The third-order valence-corrected chi connectivity index (χ3v) is 2.78. The molecule has 1 N–H and O–H groups in total. The molecule has 0 bridgehead atoms. The van der Waals surface area contributed by atoms with Gasteiger partial charge in [0.1, 0.15) is 5.75 Å². The molecule has 0 radical (unpaired) electrons. The van der Waals surface area contributed by atoms with Gasteiger partial charge in [-0.05, 0) is 44.5 Å². The van der Waals surface area contributed by atoms with Gasteiger partial charge in [0.25, 0.3) is 0 Å². The number of ether oxygens (including phenoxy) is 2. The summed E-state index contributed by atoms with van der Waals surface area (Å²) in [6.07, 6.45) is 0.983. The van der Waals surface area contributed by atoms with E-state index in [4.69, 9.17) is 9.47 Å². The molecule has 0 heterocycles. The van der Waals surface area contributed by atoms with Crippen LogP contribution in [0, 0.1) is 0 Å². The monoisotopic (exact) mass is 251 g/mol. The molecular weight excluding hydrogens is 226 g/mol. The zero-order valence-electron chi connectivity index (χ0n) is 11.7. The molecule has 1 aromatic carbocycles. The highest BCUT2D eigenvalue weighted by molar-refractivity contribution is 5.30. The van der Waals surface area contributed by atoms with Crippen molar-refractivity contribution in [2.24, 2.45) is 0 Å². The first-order valence-electron chi connectivity index (χ1n) is 6.85. The molecule has 0 aromatic heterocycles. The van der Waals surface area contributed by atoms with E-state index in [1.807, 2.05) is 26.0 Å². The Balaban J connectivity index is 2.67. The van der Waals surface area contributed by atoms with Crippen LogP contribution in [-0.4, -0.2) is 26.4 Å². The molecule has 3 heteroatoms. The highest BCUT2D eigenvalue weighted by Crippen LogP contribution is 2.21. The Morgan fingerprint density at radius 2 is 2.00 bits per heavy atom. The second-order valence-corrected chi connectivity index (χ2v) is 4.10. The van der Waals surface area contributed by atoms with E-state index in [-0.39, 0.29) is 0 Å². The Bertz CT molecular complexity index is 328. The van der Waals surface area contributed by atoms with E-state index in [2.05, 4.69) is 24.4 Å². The second-order valence-electron chi connectivity index (χ2n) is 4.10. The summed E-state index contributed by atoms with van der Waals surface area (Å²) in [7, 11) is 0. The van der Waals surface area contributed by atoms with E-state index in [1.54, 1.807) is 0 Å². The molecule has 1 rings (SSSR count). The van der Waals surface area contributed by atoms with E-state index in [0.29, 0.717) is 12.6 Å². The van der Waals surface area contributed by atoms with Gasteiger partial charge in [0.2, 0.25) is 0 Å². The predicted octanol–water partition coefficient (Wildman–Crippen LogP) is 3.16. The quantitative estimate of drug-likeness (QED) is 0.684. The van der Waals surface area contributed by atoms with E-state index in [1.165, 1.54) is 5.56 Å². The molecule has 1 aromatic rings. The van der Waals surface area contributed by atoms with Crippen LogP contribution in [0.5, 0.6) is 5.75 Å². The Morgan fingerprint density at radius 3 is 2.67 bits per heavy atom. The average molecular weight is 251 g/mol. The lowest BCUT2D eigenvalue weighted by molar-refractivity contribution is 0.136. The smallest absolute Gasteiger partial charge is 0.119 e. The summed E-state index contributed by atoms with van der Waals surface area (Å²) < 4.78 is 11.0. The first kappa shape index (κ1) is 15.0. The van der Waals surface area contributed by atoms with Crippen molar-refractivity contribution in [1.82, 2.24) is 5.32 Å². The Hall–Kier alpha value is -1.06. The number of rotatable bonds is 9. The molecule has 0 aliphatic heterocycles. The van der Waals surface area contributed by atoms with Crippen molar-refractivity contribution in [3.63, 3.8) is 0 Å². The van der Waals surface area contributed by atoms with Crippen LogP contribution in [0.4, 0.5) is 0 Å². The summed E-state index contributed by atoms with van der Waals surface area (Å²) in [6.45, 7) is 9.37. The van der Waals surface area contributed by atoms with Crippen LogP contribution in [0.3, 0.4) is 0 Å². The summed E-state index contributed by atoms with van der Waals surface area (Å²) >= 11 is 0. The fourth-order valence-electron chi connectivity index (χ4n) is 1.97. The van der Waals surface area contributed by atoms with Crippen LogP contribution in [0.2, 0.25) is 0 Å². The van der Waals surface area contributed by atoms with Gasteiger partial charge in [0, 0.05) is 19.3 Å². The van der Waals surface area contributed by atoms with Gasteiger partial charge in [0.05, 0.1) is 6.61 Å². The SMILES string of the molecule is CCNC(CCOCC)c1cccc(OCC)c1. The average Bonchev–Trinajstić information content (AvgIpc) is 2.39. The lowest BCUT2D eigenvalue weighted by Crippen LogP contribution is -2.22. The zero-order chi connectivity index (χ0) is 13.2. The van der Waals surface area contributed by atoms with Crippen LogP contribution in [0.1, 0.15) is 38.8 Å². The van der Waals surface area contributed by atoms with E-state index < -0.39 is 0 Å². The summed E-state index contributed by atoms with van der Waals surface area (Å²) in [5.74, 6) is 0.939. The van der Waals surface area contributed by atoms with Crippen LogP contribution in [0.25, 0.3) is 0 Å². The van der Waals surface area contributed by atoms with Crippen molar-refractivity contribution in [1.29, 1.82) is 0 Å². The Labute approximate surface area is 110 Å². The zero-order valence-corrected chi connectivity index (χ0v) is 11.7. The standard InChI is InChI=1S/C15H25NO2/c1-4-16-15(10-11-17-5-2)13-8-7-9-14(12-13)18-6-3/h7-9,12,15-16H,4-6,10-11H2,1-3H3. The minimum atomic E-state index is 0.335. The Kier molecular flexibility index (Phi) is 7.46. The molecule has 18 heavy (non-hydrogen) atoms. The highest BCUT2D eigenvalue weighted by atomic mass is 16.5. The maximum absolute atomic E-state index is 5.54. The van der Waals surface area contributed by atoms with Crippen LogP contribution < -0.4 is 10.1 Å². The molecule has 0 spiro atoms. The number of hydrogen-bond donors (Lipinski definition) is 1. The van der Waals surface area contributed by atoms with E-state index >= 15 is 0 Å². The number of benzene rings is 1. The lowest BCUT2D eigenvalue weighted by atomic mass is 10.0. The van der Waals surface area contributed by atoms with Gasteiger partial charge in [0.15, 0.2) is 0 Å². The van der Waals surface area contributed by atoms with Gasteiger partial charge in [-0.25, -0.2) is 0 Å². The number of hydrogen-bond acceptors (Lipinski definition) is 3.